The molecule has 1 aliphatic heterocycles. The summed E-state index contributed by atoms with van der Waals surface area (Å²) < 4.78 is 6.92. The van der Waals surface area contributed by atoms with Crippen molar-refractivity contribution in [3.63, 3.8) is 0 Å². The van der Waals surface area contributed by atoms with Crippen LogP contribution in [0.3, 0.4) is 0 Å². The van der Waals surface area contributed by atoms with E-state index >= 15 is 0 Å². The van der Waals surface area contributed by atoms with E-state index in [4.69, 9.17) is 0 Å². The molecule has 194 valence electrons. The molecule has 4 aromatic carbocycles. The number of fused-ring (bicyclic) bond motifs is 6. The Morgan fingerprint density at radius 1 is 0.590 bits per heavy atom. The third-order valence-electron chi connectivity index (χ3n) is 10.5. The van der Waals surface area contributed by atoms with Gasteiger partial charge in [0, 0.05) is 0 Å². The summed E-state index contributed by atoms with van der Waals surface area (Å²) in [7, 11) is -1.85. The van der Waals surface area contributed by atoms with Crippen LogP contribution in [0, 0.1) is 13.8 Å². The van der Waals surface area contributed by atoms with E-state index in [-0.39, 0.29) is 0 Å². The van der Waals surface area contributed by atoms with Crippen molar-refractivity contribution < 1.29 is 20.0 Å². The van der Waals surface area contributed by atoms with Crippen molar-refractivity contribution in [3.05, 3.63) is 129 Å². The summed E-state index contributed by atoms with van der Waals surface area (Å²) in [5.41, 5.74) is 14.8. The topological polar surface area (TPSA) is 0 Å². The molecule has 0 N–H and O–H groups in total. The van der Waals surface area contributed by atoms with Crippen molar-refractivity contribution in [2.24, 2.45) is 0 Å². The van der Waals surface area contributed by atoms with Gasteiger partial charge >= 0.3 is 241 Å². The van der Waals surface area contributed by atoms with Crippen LogP contribution in [0.5, 0.6) is 0 Å². The van der Waals surface area contributed by atoms with Crippen LogP contribution in [0.4, 0.5) is 0 Å². The predicted octanol–water partition coefficient (Wildman–Crippen LogP) is 10.7. The first-order valence-electron chi connectivity index (χ1n) is 14.6. The van der Waals surface area contributed by atoms with Gasteiger partial charge in [0.05, 0.1) is 0 Å². The molecule has 2 unspecified atom stereocenters. The first kappa shape index (κ1) is 25.4. The Labute approximate surface area is 239 Å². The molecular formula is C37H38HfSi. The molecule has 0 amide bonds. The molecule has 0 spiro atoms. The third kappa shape index (κ3) is 3.50. The average Bonchev–Trinajstić information content (AvgIpc) is 3.54. The van der Waals surface area contributed by atoms with Crippen LogP contribution >= 0.6 is 0 Å². The van der Waals surface area contributed by atoms with Gasteiger partial charge in [-0.15, -0.1) is 0 Å². The summed E-state index contributed by atoms with van der Waals surface area (Å²) in [5.74, 6) is 0. The van der Waals surface area contributed by atoms with E-state index in [0.29, 0.717) is 7.35 Å². The summed E-state index contributed by atoms with van der Waals surface area (Å²) in [6.45, 7) is 9.70. The maximum atomic E-state index is 2.78. The fourth-order valence-corrected chi connectivity index (χ4v) is 40.1. The fraction of sp³-hybridized carbons (Fsp3) is 0.243. The van der Waals surface area contributed by atoms with Gasteiger partial charge in [0.25, 0.3) is 0 Å². The first-order valence-corrected chi connectivity index (χ1v) is 28.6. The predicted molar refractivity (Wildman–Crippen MR) is 168 cm³/mol. The van der Waals surface area contributed by atoms with Crippen molar-refractivity contribution in [1.29, 1.82) is 0 Å². The van der Waals surface area contributed by atoms with Crippen LogP contribution in [0.15, 0.2) is 95.3 Å². The molecule has 39 heavy (non-hydrogen) atoms. The molecule has 0 saturated carbocycles. The normalized spacial score (nSPS) is 23.8. The second-order valence-corrected chi connectivity index (χ2v) is 34.6. The standard InChI is InChI=1S/C35H32Si.2CH3.Hf/c1-5-36(4,28-20-26-14-10-18-32(34(26)22-28)30-16-8-6-12-24(30)2)29-21-27-15-11-19-33(35(27)23-29)31-17-9-7-13-25(31)3;;;/h6-23H,5H2,1-4H3;2*1H3;. The Bertz CT molecular complexity index is 1600. The molecule has 1 fully saturated rings. The number of aryl methyl sites for hydroxylation is 2. The Balaban J connectivity index is 1.47. The van der Waals surface area contributed by atoms with E-state index in [1.165, 1.54) is 50.6 Å². The molecule has 0 bridgehead atoms. The zero-order valence-corrected chi connectivity index (χ0v) is 28.7. The van der Waals surface area contributed by atoms with E-state index < -0.39 is 28.0 Å². The Morgan fingerprint density at radius 2 is 1.00 bits per heavy atom. The molecule has 2 heteroatoms. The van der Waals surface area contributed by atoms with Crippen molar-refractivity contribution in [1.82, 2.24) is 0 Å². The molecule has 1 saturated heterocycles. The second kappa shape index (κ2) is 8.98. The van der Waals surface area contributed by atoms with Gasteiger partial charge < -0.3 is 0 Å². The monoisotopic (exact) mass is 690 g/mol. The van der Waals surface area contributed by atoms with Crippen molar-refractivity contribution in [2.75, 3.05) is 0 Å². The molecule has 2 atom stereocenters. The number of hydrogen-bond acceptors (Lipinski definition) is 0. The quantitative estimate of drug-likeness (QED) is 0.188. The molecule has 1 heterocycles. The SMILES string of the molecule is CC[Si]1(C)C2=Cc3c(-c4ccccc4C)cccc3[CH]2[Hf]([CH3])([CH3])[CH]2C1=Cc1c(-c3ccccc3C)cccc12. The molecule has 0 aromatic heterocycles. The Morgan fingerprint density at radius 3 is 1.41 bits per heavy atom. The molecule has 3 aliphatic rings. The average molecular weight is 689 g/mol. The zero-order chi connectivity index (χ0) is 27.1. The number of allylic oxidation sites excluding steroid dienone is 2. The van der Waals surface area contributed by atoms with E-state index in [2.05, 4.69) is 134 Å². The molecule has 2 aliphatic carbocycles. The summed E-state index contributed by atoms with van der Waals surface area (Å²) in [6, 6.07) is 33.6. The number of benzene rings is 4. The van der Waals surface area contributed by atoms with E-state index in [9.17, 15) is 0 Å². The van der Waals surface area contributed by atoms with Gasteiger partial charge in [-0.25, -0.2) is 0 Å². The van der Waals surface area contributed by atoms with Gasteiger partial charge in [-0.2, -0.15) is 0 Å². The van der Waals surface area contributed by atoms with Gasteiger partial charge in [-0.1, -0.05) is 0 Å². The molecule has 7 rings (SSSR count). The van der Waals surface area contributed by atoms with Gasteiger partial charge in [-0.05, 0) is 0 Å². The van der Waals surface area contributed by atoms with Gasteiger partial charge in [0.2, 0.25) is 0 Å². The van der Waals surface area contributed by atoms with Crippen LogP contribution in [-0.2, 0) is 20.0 Å². The van der Waals surface area contributed by atoms with Gasteiger partial charge in [0.1, 0.15) is 0 Å². The zero-order valence-electron chi connectivity index (χ0n) is 24.1. The molecule has 0 radical (unpaired) electrons. The second-order valence-electron chi connectivity index (χ2n) is 12.8. The fourth-order valence-electron chi connectivity index (χ4n) is 8.32. The van der Waals surface area contributed by atoms with Crippen LogP contribution < -0.4 is 0 Å². The molecular weight excluding hydrogens is 651 g/mol. The third-order valence-corrected chi connectivity index (χ3v) is 32.5. The van der Waals surface area contributed by atoms with E-state index in [1.807, 2.05) is 10.4 Å². The summed E-state index contributed by atoms with van der Waals surface area (Å²) in [6.07, 6.45) is 5.42. The van der Waals surface area contributed by atoms with Crippen molar-refractivity contribution in [3.8, 4) is 22.3 Å². The number of hydrogen-bond donors (Lipinski definition) is 0. The molecule has 4 aromatic rings. The van der Waals surface area contributed by atoms with E-state index in [0.717, 1.165) is 0 Å². The maximum absolute atomic E-state index is 2.99. The Hall–Kier alpha value is -2.55. The summed E-state index contributed by atoms with van der Waals surface area (Å²) >= 11 is -2.99. The Kier molecular flexibility index (Phi) is 5.85. The van der Waals surface area contributed by atoms with Crippen LogP contribution in [0.1, 0.15) is 47.7 Å². The van der Waals surface area contributed by atoms with Crippen LogP contribution in [-0.4, -0.2) is 8.07 Å². The van der Waals surface area contributed by atoms with Crippen LogP contribution in [0.25, 0.3) is 34.4 Å². The summed E-state index contributed by atoms with van der Waals surface area (Å²) in [4.78, 5) is 0. The number of rotatable bonds is 3. The first-order chi connectivity index (χ1) is 18.8. The van der Waals surface area contributed by atoms with Gasteiger partial charge in [-0.3, -0.25) is 0 Å². The molecule has 0 nitrogen and oxygen atoms in total. The van der Waals surface area contributed by atoms with Crippen molar-refractivity contribution in [2.45, 2.75) is 50.1 Å². The van der Waals surface area contributed by atoms with Crippen LogP contribution in [0.2, 0.25) is 22.0 Å². The minimum absolute atomic E-state index is 0.684. The summed E-state index contributed by atoms with van der Waals surface area (Å²) in [5, 5.41) is 3.70. The minimum atomic E-state index is -2.99. The van der Waals surface area contributed by atoms with Crippen molar-refractivity contribution >= 4 is 20.2 Å². The van der Waals surface area contributed by atoms with Gasteiger partial charge in [0.15, 0.2) is 0 Å². The van der Waals surface area contributed by atoms with E-state index in [1.54, 1.807) is 11.1 Å².